The van der Waals surface area contributed by atoms with Crippen molar-refractivity contribution in [3.63, 3.8) is 0 Å². The Labute approximate surface area is 83.6 Å². The van der Waals surface area contributed by atoms with Crippen LogP contribution in [0.3, 0.4) is 0 Å². The Morgan fingerprint density at radius 2 is 2.00 bits per heavy atom. The molecule has 1 atom stereocenters. The van der Waals surface area contributed by atoms with Gasteiger partial charge < -0.3 is 5.32 Å². The van der Waals surface area contributed by atoms with Crippen molar-refractivity contribution < 1.29 is 0 Å². The van der Waals surface area contributed by atoms with E-state index >= 15 is 0 Å². The lowest BCUT2D eigenvalue weighted by atomic mass is 9.90. The highest BCUT2D eigenvalue weighted by atomic mass is 14.8. The first kappa shape index (κ1) is 12.5. The lowest BCUT2D eigenvalue weighted by Crippen LogP contribution is -2.17. The topological polar surface area (TPSA) is 12.0 Å². The highest BCUT2D eigenvalue weighted by Crippen LogP contribution is 2.22. The molecule has 1 nitrogen and oxygen atoms in total. The van der Waals surface area contributed by atoms with Crippen molar-refractivity contribution in [3.05, 3.63) is 12.3 Å². The molecule has 0 aliphatic heterocycles. The first-order chi connectivity index (χ1) is 6.11. The Morgan fingerprint density at radius 1 is 1.38 bits per heavy atom. The summed E-state index contributed by atoms with van der Waals surface area (Å²) in [6.07, 6.45) is 5.15. The SMILES string of the molecule is C=C(NC)C(CCCC)CC(C)C. The molecule has 13 heavy (non-hydrogen) atoms. The van der Waals surface area contributed by atoms with Crippen molar-refractivity contribution in [2.45, 2.75) is 46.5 Å². The van der Waals surface area contributed by atoms with Crippen LogP contribution in [0.4, 0.5) is 0 Å². The Balaban J connectivity index is 3.94. The Bertz CT molecular complexity index is 138. The fourth-order valence-electron chi connectivity index (χ4n) is 1.66. The normalized spacial score (nSPS) is 13.0. The summed E-state index contributed by atoms with van der Waals surface area (Å²) in [5.74, 6) is 1.44. The molecule has 0 rings (SSSR count). The molecule has 0 aromatic carbocycles. The summed E-state index contributed by atoms with van der Waals surface area (Å²) in [6.45, 7) is 10.9. The van der Waals surface area contributed by atoms with Gasteiger partial charge in [-0.1, -0.05) is 40.2 Å². The molecule has 0 amide bonds. The first-order valence-electron chi connectivity index (χ1n) is 5.48. The highest BCUT2D eigenvalue weighted by Gasteiger charge is 2.12. The van der Waals surface area contributed by atoms with Crippen LogP contribution in [-0.4, -0.2) is 7.05 Å². The van der Waals surface area contributed by atoms with Gasteiger partial charge in [0, 0.05) is 12.7 Å². The lowest BCUT2D eigenvalue weighted by Gasteiger charge is -2.20. The van der Waals surface area contributed by atoms with Crippen LogP contribution in [0.5, 0.6) is 0 Å². The van der Waals surface area contributed by atoms with Crippen LogP contribution in [0.1, 0.15) is 46.5 Å². The molecular formula is C12H25N. The van der Waals surface area contributed by atoms with Gasteiger partial charge in [0.15, 0.2) is 0 Å². The average Bonchev–Trinajstić information content (AvgIpc) is 2.10. The van der Waals surface area contributed by atoms with E-state index in [1.54, 1.807) is 0 Å². The largest absolute Gasteiger partial charge is 0.392 e. The van der Waals surface area contributed by atoms with E-state index in [2.05, 4.69) is 32.7 Å². The van der Waals surface area contributed by atoms with E-state index in [-0.39, 0.29) is 0 Å². The molecule has 0 heterocycles. The number of rotatable bonds is 7. The third kappa shape index (κ3) is 5.73. The van der Waals surface area contributed by atoms with Crippen molar-refractivity contribution >= 4 is 0 Å². The van der Waals surface area contributed by atoms with Crippen LogP contribution < -0.4 is 5.32 Å². The van der Waals surface area contributed by atoms with Gasteiger partial charge in [-0.25, -0.2) is 0 Å². The van der Waals surface area contributed by atoms with Crippen LogP contribution in [0.15, 0.2) is 12.3 Å². The van der Waals surface area contributed by atoms with Gasteiger partial charge >= 0.3 is 0 Å². The number of unbranched alkanes of at least 4 members (excludes halogenated alkanes) is 1. The minimum Gasteiger partial charge on any atom is -0.392 e. The van der Waals surface area contributed by atoms with Gasteiger partial charge in [-0.05, 0) is 24.7 Å². The van der Waals surface area contributed by atoms with Gasteiger partial charge in [-0.3, -0.25) is 0 Å². The monoisotopic (exact) mass is 183 g/mol. The van der Waals surface area contributed by atoms with Gasteiger partial charge in [-0.2, -0.15) is 0 Å². The second-order valence-corrected chi connectivity index (χ2v) is 4.24. The number of allylic oxidation sites excluding steroid dienone is 1. The van der Waals surface area contributed by atoms with Gasteiger partial charge in [0.1, 0.15) is 0 Å². The summed E-state index contributed by atoms with van der Waals surface area (Å²) in [7, 11) is 1.97. The van der Waals surface area contributed by atoms with Crippen LogP contribution in [0.25, 0.3) is 0 Å². The first-order valence-corrected chi connectivity index (χ1v) is 5.48. The van der Waals surface area contributed by atoms with Gasteiger partial charge in [0.25, 0.3) is 0 Å². The maximum Gasteiger partial charge on any atom is 0.00626 e. The van der Waals surface area contributed by atoms with Gasteiger partial charge in [-0.15, -0.1) is 0 Å². The van der Waals surface area contributed by atoms with Crippen LogP contribution in [0.2, 0.25) is 0 Å². The average molecular weight is 183 g/mol. The van der Waals surface area contributed by atoms with Crippen LogP contribution in [-0.2, 0) is 0 Å². The molecule has 0 spiro atoms. The predicted octanol–water partition coefficient (Wildman–Crippen LogP) is 3.57. The standard InChI is InChI=1S/C12H25N/c1-6-7-8-12(9-10(2)3)11(4)13-5/h10,12-13H,4,6-9H2,1-3,5H3. The molecule has 0 aromatic heterocycles. The molecule has 0 saturated heterocycles. The maximum atomic E-state index is 4.07. The van der Waals surface area contributed by atoms with Crippen molar-refractivity contribution in [2.24, 2.45) is 11.8 Å². The summed E-state index contributed by atoms with van der Waals surface area (Å²) in [5.41, 5.74) is 1.21. The summed E-state index contributed by atoms with van der Waals surface area (Å²) in [6, 6.07) is 0. The Hall–Kier alpha value is -0.460. The quantitative estimate of drug-likeness (QED) is 0.636. The lowest BCUT2D eigenvalue weighted by molar-refractivity contribution is 0.410. The molecule has 0 aliphatic rings. The van der Waals surface area contributed by atoms with Crippen molar-refractivity contribution in [2.75, 3.05) is 7.05 Å². The fraction of sp³-hybridized carbons (Fsp3) is 0.833. The highest BCUT2D eigenvalue weighted by molar-refractivity contribution is 4.97. The molecule has 1 heteroatoms. The van der Waals surface area contributed by atoms with E-state index in [1.165, 1.54) is 31.4 Å². The zero-order valence-electron chi connectivity index (χ0n) is 9.69. The minimum absolute atomic E-state index is 0.671. The van der Waals surface area contributed by atoms with E-state index < -0.39 is 0 Å². The predicted molar refractivity (Wildman–Crippen MR) is 60.7 cm³/mol. The van der Waals surface area contributed by atoms with E-state index in [0.717, 1.165) is 5.92 Å². The third-order valence-corrected chi connectivity index (χ3v) is 2.48. The van der Waals surface area contributed by atoms with Crippen molar-refractivity contribution in [3.8, 4) is 0 Å². The Morgan fingerprint density at radius 3 is 2.38 bits per heavy atom. The zero-order chi connectivity index (χ0) is 10.3. The summed E-state index contributed by atoms with van der Waals surface area (Å²) in [5, 5.41) is 3.18. The number of hydrogen-bond donors (Lipinski definition) is 1. The van der Waals surface area contributed by atoms with E-state index in [1.807, 2.05) is 7.05 Å². The van der Waals surface area contributed by atoms with E-state index in [0.29, 0.717) is 5.92 Å². The number of nitrogens with one attached hydrogen (secondary N) is 1. The fourth-order valence-corrected chi connectivity index (χ4v) is 1.66. The second-order valence-electron chi connectivity index (χ2n) is 4.24. The smallest absolute Gasteiger partial charge is 0.00626 e. The molecule has 0 bridgehead atoms. The van der Waals surface area contributed by atoms with Gasteiger partial charge in [0.05, 0.1) is 0 Å². The summed E-state index contributed by atoms with van der Waals surface area (Å²) < 4.78 is 0. The minimum atomic E-state index is 0.671. The van der Waals surface area contributed by atoms with Crippen LogP contribution in [0, 0.1) is 11.8 Å². The molecule has 1 N–H and O–H groups in total. The molecule has 1 unspecified atom stereocenters. The maximum absolute atomic E-state index is 4.07. The van der Waals surface area contributed by atoms with Crippen molar-refractivity contribution in [1.82, 2.24) is 5.32 Å². The van der Waals surface area contributed by atoms with Crippen LogP contribution >= 0.6 is 0 Å². The number of hydrogen-bond acceptors (Lipinski definition) is 1. The molecule has 0 fully saturated rings. The summed E-state index contributed by atoms with van der Waals surface area (Å²) in [4.78, 5) is 0. The molecule has 0 saturated carbocycles. The van der Waals surface area contributed by atoms with Crippen molar-refractivity contribution in [1.29, 1.82) is 0 Å². The van der Waals surface area contributed by atoms with E-state index in [4.69, 9.17) is 0 Å². The Kier molecular flexibility index (Phi) is 6.75. The molecule has 0 aliphatic carbocycles. The molecular weight excluding hydrogens is 158 g/mol. The molecule has 78 valence electrons. The van der Waals surface area contributed by atoms with E-state index in [9.17, 15) is 0 Å². The third-order valence-electron chi connectivity index (χ3n) is 2.48. The zero-order valence-corrected chi connectivity index (χ0v) is 9.69. The molecule has 0 radical (unpaired) electrons. The second kappa shape index (κ2) is 6.99. The molecule has 0 aromatic rings. The van der Waals surface area contributed by atoms with Gasteiger partial charge in [0.2, 0.25) is 0 Å². The summed E-state index contributed by atoms with van der Waals surface area (Å²) >= 11 is 0.